The highest BCUT2D eigenvalue weighted by Crippen LogP contribution is 2.32. The molecule has 3 heterocycles. The Balaban J connectivity index is 1.46. The summed E-state index contributed by atoms with van der Waals surface area (Å²) in [4.78, 5) is 42.0. The highest BCUT2D eigenvalue weighted by molar-refractivity contribution is 6.01. The molecule has 0 radical (unpaired) electrons. The average Bonchev–Trinajstić information content (AvgIpc) is 3.21. The second kappa shape index (κ2) is 8.59. The maximum atomic E-state index is 13.8. The number of amides is 3. The maximum absolute atomic E-state index is 13.8. The second-order valence-electron chi connectivity index (χ2n) is 9.31. The van der Waals surface area contributed by atoms with Crippen molar-refractivity contribution in [2.24, 2.45) is 5.73 Å². The number of carbonyl (C=O) groups is 3. The van der Waals surface area contributed by atoms with E-state index < -0.39 is 5.91 Å². The van der Waals surface area contributed by atoms with E-state index in [1.165, 1.54) is 0 Å². The van der Waals surface area contributed by atoms with E-state index in [-0.39, 0.29) is 23.6 Å². The van der Waals surface area contributed by atoms with E-state index in [2.05, 4.69) is 11.2 Å². The van der Waals surface area contributed by atoms with Crippen LogP contribution < -0.4 is 5.73 Å². The van der Waals surface area contributed by atoms with Gasteiger partial charge in [0, 0.05) is 30.8 Å². The lowest BCUT2D eigenvalue weighted by atomic mass is 9.92. The monoisotopic (exact) mass is 459 g/mol. The van der Waals surface area contributed by atoms with Crippen LogP contribution in [0.5, 0.6) is 0 Å². The molecule has 1 fully saturated rings. The molecular formula is C26H29N5O3. The van der Waals surface area contributed by atoms with Crippen LogP contribution in [0.25, 0.3) is 5.69 Å². The molecule has 3 amide bonds. The molecule has 0 spiro atoms. The molecule has 1 saturated heterocycles. The van der Waals surface area contributed by atoms with Crippen LogP contribution in [-0.4, -0.2) is 56.4 Å². The number of hydrogen-bond acceptors (Lipinski definition) is 4. The lowest BCUT2D eigenvalue weighted by Gasteiger charge is -2.38. The number of hydrogen-bond donors (Lipinski definition) is 1. The number of likely N-dealkylation sites (tertiary alicyclic amines) is 1. The molecule has 1 aromatic heterocycles. The standard InChI is InChI=1S/C26H29N5O3/c1-16-6-8-18(9-7-16)31-24-20(23(28-31)25(27)33)12-14-30(26(24)34)21-11-10-19(15-17(21)2)29-13-4-3-5-22(29)32/h6-10,15,21H,3-5,11-14H2,1-2H3,(H2,27,33). The summed E-state index contributed by atoms with van der Waals surface area (Å²) in [5.74, 6) is -0.624. The Morgan fingerprint density at radius 1 is 1.06 bits per heavy atom. The Morgan fingerprint density at radius 3 is 2.50 bits per heavy atom. The van der Waals surface area contributed by atoms with E-state index in [1.54, 1.807) is 4.68 Å². The van der Waals surface area contributed by atoms with Crippen molar-refractivity contribution in [3.8, 4) is 5.69 Å². The minimum absolute atomic E-state index is 0.109. The van der Waals surface area contributed by atoms with Gasteiger partial charge in [-0.1, -0.05) is 23.8 Å². The number of aryl methyl sites for hydroxylation is 1. The van der Waals surface area contributed by atoms with E-state index in [9.17, 15) is 14.4 Å². The third kappa shape index (κ3) is 3.73. The number of piperidine rings is 1. The minimum Gasteiger partial charge on any atom is -0.364 e. The Hall–Kier alpha value is -3.68. The van der Waals surface area contributed by atoms with E-state index in [4.69, 9.17) is 5.73 Å². The number of aromatic nitrogens is 2. The lowest BCUT2D eigenvalue weighted by molar-refractivity contribution is -0.130. The normalized spacial score (nSPS) is 20.7. The Bertz CT molecular complexity index is 1240. The molecular weight excluding hydrogens is 430 g/mol. The molecule has 3 aliphatic rings. The lowest BCUT2D eigenvalue weighted by Crippen LogP contribution is -2.47. The van der Waals surface area contributed by atoms with Crippen molar-refractivity contribution in [1.29, 1.82) is 0 Å². The second-order valence-corrected chi connectivity index (χ2v) is 9.31. The summed E-state index contributed by atoms with van der Waals surface area (Å²) in [6, 6.07) is 7.55. The number of fused-ring (bicyclic) bond motifs is 1. The predicted molar refractivity (Wildman–Crippen MR) is 127 cm³/mol. The molecule has 1 aromatic carbocycles. The zero-order chi connectivity index (χ0) is 24.0. The molecule has 1 atom stereocenters. The SMILES string of the molecule is CC1=CC(N2CCCCC2=O)=CCC1N1CCc2c(C(N)=O)nn(-c3ccc(C)cc3)c2C1=O. The molecule has 176 valence electrons. The van der Waals surface area contributed by atoms with Gasteiger partial charge in [0.05, 0.1) is 11.7 Å². The first-order chi connectivity index (χ1) is 16.3. The average molecular weight is 460 g/mol. The molecule has 2 aliphatic heterocycles. The number of allylic oxidation sites excluding steroid dienone is 1. The van der Waals surface area contributed by atoms with Crippen LogP contribution in [0.4, 0.5) is 0 Å². The molecule has 8 nitrogen and oxygen atoms in total. The van der Waals surface area contributed by atoms with E-state index >= 15 is 0 Å². The summed E-state index contributed by atoms with van der Waals surface area (Å²) in [5.41, 5.74) is 10.6. The van der Waals surface area contributed by atoms with Crippen molar-refractivity contribution in [2.45, 2.75) is 52.0 Å². The summed E-state index contributed by atoms with van der Waals surface area (Å²) < 4.78 is 1.55. The molecule has 8 heteroatoms. The van der Waals surface area contributed by atoms with Crippen molar-refractivity contribution in [2.75, 3.05) is 13.1 Å². The quantitative estimate of drug-likeness (QED) is 0.760. The van der Waals surface area contributed by atoms with Gasteiger partial charge in [-0.15, -0.1) is 0 Å². The van der Waals surface area contributed by atoms with Crippen LogP contribution in [0.3, 0.4) is 0 Å². The number of nitrogens with two attached hydrogens (primary N) is 1. The third-order valence-electron chi connectivity index (χ3n) is 7.02. The predicted octanol–water partition coefficient (Wildman–Crippen LogP) is 2.89. The van der Waals surface area contributed by atoms with Crippen LogP contribution in [0.1, 0.15) is 64.7 Å². The van der Waals surface area contributed by atoms with E-state index in [1.807, 2.05) is 54.0 Å². The van der Waals surface area contributed by atoms with E-state index in [0.717, 1.165) is 36.2 Å². The van der Waals surface area contributed by atoms with Crippen molar-refractivity contribution in [3.63, 3.8) is 0 Å². The van der Waals surface area contributed by atoms with Gasteiger partial charge in [0.15, 0.2) is 5.69 Å². The molecule has 34 heavy (non-hydrogen) atoms. The summed E-state index contributed by atoms with van der Waals surface area (Å²) in [7, 11) is 0. The van der Waals surface area contributed by atoms with Gasteiger partial charge in [-0.25, -0.2) is 4.68 Å². The number of rotatable bonds is 4. The van der Waals surface area contributed by atoms with Crippen molar-refractivity contribution in [1.82, 2.24) is 19.6 Å². The van der Waals surface area contributed by atoms with Crippen LogP contribution in [0.15, 0.2) is 47.7 Å². The van der Waals surface area contributed by atoms with Gasteiger partial charge >= 0.3 is 0 Å². The summed E-state index contributed by atoms with van der Waals surface area (Å²) in [6.07, 6.45) is 7.80. The summed E-state index contributed by atoms with van der Waals surface area (Å²) in [6.45, 7) is 5.23. The van der Waals surface area contributed by atoms with Gasteiger partial charge in [-0.05, 0) is 63.3 Å². The summed E-state index contributed by atoms with van der Waals surface area (Å²) in [5, 5.41) is 4.45. The smallest absolute Gasteiger partial charge is 0.273 e. The van der Waals surface area contributed by atoms with Gasteiger partial charge in [-0.2, -0.15) is 5.10 Å². The van der Waals surface area contributed by atoms with Crippen molar-refractivity contribution in [3.05, 3.63) is 70.2 Å². The largest absolute Gasteiger partial charge is 0.364 e. The van der Waals surface area contributed by atoms with Gasteiger partial charge in [0.25, 0.3) is 11.8 Å². The zero-order valence-corrected chi connectivity index (χ0v) is 19.6. The minimum atomic E-state index is -0.629. The zero-order valence-electron chi connectivity index (χ0n) is 19.6. The number of carbonyl (C=O) groups excluding carboxylic acids is 3. The summed E-state index contributed by atoms with van der Waals surface area (Å²) >= 11 is 0. The molecule has 1 aliphatic carbocycles. The van der Waals surface area contributed by atoms with E-state index in [0.29, 0.717) is 42.8 Å². The van der Waals surface area contributed by atoms with Gasteiger partial charge in [0.2, 0.25) is 5.91 Å². The van der Waals surface area contributed by atoms with Crippen LogP contribution >= 0.6 is 0 Å². The molecule has 1 unspecified atom stereocenters. The fourth-order valence-electron chi connectivity index (χ4n) is 5.19. The van der Waals surface area contributed by atoms with Crippen LogP contribution in [0.2, 0.25) is 0 Å². The first-order valence-electron chi connectivity index (χ1n) is 11.8. The van der Waals surface area contributed by atoms with Gasteiger partial charge in [-0.3, -0.25) is 14.4 Å². The van der Waals surface area contributed by atoms with Crippen LogP contribution in [0, 0.1) is 6.92 Å². The first kappa shape index (κ1) is 22.1. The highest BCUT2D eigenvalue weighted by Gasteiger charge is 2.38. The Labute approximate surface area is 198 Å². The molecule has 2 aromatic rings. The fraction of sp³-hybridized carbons (Fsp3) is 0.385. The van der Waals surface area contributed by atoms with Gasteiger partial charge in [0.1, 0.15) is 5.69 Å². The number of nitrogens with zero attached hydrogens (tertiary/aromatic N) is 4. The molecule has 2 N–H and O–H groups in total. The third-order valence-corrected chi connectivity index (χ3v) is 7.02. The topological polar surface area (TPSA) is 102 Å². The Morgan fingerprint density at radius 2 is 1.82 bits per heavy atom. The number of benzene rings is 1. The van der Waals surface area contributed by atoms with Crippen LogP contribution in [-0.2, 0) is 11.2 Å². The Kier molecular flexibility index (Phi) is 5.59. The molecule has 5 rings (SSSR count). The first-order valence-corrected chi connectivity index (χ1v) is 11.8. The number of primary amides is 1. The van der Waals surface area contributed by atoms with Crippen molar-refractivity contribution >= 4 is 17.7 Å². The van der Waals surface area contributed by atoms with Crippen molar-refractivity contribution < 1.29 is 14.4 Å². The van der Waals surface area contributed by atoms with Gasteiger partial charge < -0.3 is 15.5 Å². The maximum Gasteiger partial charge on any atom is 0.273 e. The highest BCUT2D eigenvalue weighted by atomic mass is 16.2. The fourth-order valence-corrected chi connectivity index (χ4v) is 5.19. The molecule has 0 saturated carbocycles. The molecule has 0 bridgehead atoms.